The molecule has 0 spiro atoms. The first-order valence-electron chi connectivity index (χ1n) is 10.2. The summed E-state index contributed by atoms with van der Waals surface area (Å²) >= 11 is 3.42. The number of rotatable bonds is 4. The molecule has 3 aromatic heterocycles. The van der Waals surface area contributed by atoms with E-state index in [1.807, 2.05) is 30.3 Å². The van der Waals surface area contributed by atoms with Gasteiger partial charge in [0.15, 0.2) is 0 Å². The zero-order valence-corrected chi connectivity index (χ0v) is 19.3. The second-order valence-electron chi connectivity index (χ2n) is 7.43. The molecule has 10 heteroatoms. The number of benzene rings is 2. The fourth-order valence-electron chi connectivity index (χ4n) is 3.61. The Morgan fingerprint density at radius 2 is 1.63 bits per heavy atom. The molecule has 2 aromatic carbocycles. The second kappa shape index (κ2) is 8.95. The number of pyridine rings is 2. The van der Waals surface area contributed by atoms with Crippen LogP contribution < -0.4 is 10.3 Å². The number of ether oxygens (including phenoxy) is 1. The summed E-state index contributed by atoms with van der Waals surface area (Å²) in [6.07, 6.45) is -0.383. The van der Waals surface area contributed by atoms with E-state index < -0.39 is 23.2 Å². The molecule has 0 N–H and O–H groups in total. The highest BCUT2D eigenvalue weighted by molar-refractivity contribution is 9.10. The van der Waals surface area contributed by atoms with Crippen molar-refractivity contribution >= 4 is 26.8 Å². The van der Waals surface area contributed by atoms with Gasteiger partial charge in [-0.05, 0) is 54.6 Å². The van der Waals surface area contributed by atoms with Crippen LogP contribution in [0.5, 0.6) is 11.6 Å². The molecule has 0 atom stereocenters. The molecule has 0 aliphatic rings. The van der Waals surface area contributed by atoms with Gasteiger partial charge in [0.1, 0.15) is 17.6 Å². The monoisotopic (exact) mass is 538 g/mol. The van der Waals surface area contributed by atoms with Crippen LogP contribution in [-0.4, -0.2) is 19.5 Å². The van der Waals surface area contributed by atoms with E-state index in [0.29, 0.717) is 16.9 Å². The van der Waals surface area contributed by atoms with Crippen molar-refractivity contribution in [2.24, 2.45) is 0 Å². The summed E-state index contributed by atoms with van der Waals surface area (Å²) in [5.74, 6) is -0.578. The van der Waals surface area contributed by atoms with Crippen molar-refractivity contribution in [1.29, 1.82) is 0 Å². The van der Waals surface area contributed by atoms with E-state index in [0.717, 1.165) is 16.1 Å². The van der Waals surface area contributed by atoms with Gasteiger partial charge in [0.25, 0.3) is 5.56 Å². The Morgan fingerprint density at radius 3 is 2.40 bits per heavy atom. The average molecular weight is 539 g/mol. The van der Waals surface area contributed by atoms with Crippen molar-refractivity contribution < 1.29 is 17.9 Å². The molecule has 6 nitrogen and oxygen atoms in total. The van der Waals surface area contributed by atoms with E-state index in [4.69, 9.17) is 4.74 Å². The van der Waals surface area contributed by atoms with Crippen LogP contribution in [0.25, 0.3) is 27.8 Å². The molecular formula is C25H14BrF3N4O2. The molecule has 0 saturated carbocycles. The van der Waals surface area contributed by atoms with Gasteiger partial charge in [-0.2, -0.15) is 18.2 Å². The average Bonchev–Trinajstić information content (AvgIpc) is 2.85. The van der Waals surface area contributed by atoms with Crippen LogP contribution in [0.3, 0.4) is 0 Å². The van der Waals surface area contributed by atoms with Gasteiger partial charge in [0.05, 0.1) is 22.3 Å². The van der Waals surface area contributed by atoms with Crippen LogP contribution in [0.4, 0.5) is 13.2 Å². The lowest BCUT2D eigenvalue weighted by atomic mass is 10.1. The molecule has 0 saturated heterocycles. The Balaban J connectivity index is 1.62. The van der Waals surface area contributed by atoms with Gasteiger partial charge < -0.3 is 4.74 Å². The smallest absolute Gasteiger partial charge is 0.421 e. The van der Waals surface area contributed by atoms with Gasteiger partial charge in [-0.15, -0.1) is 0 Å². The van der Waals surface area contributed by atoms with Crippen molar-refractivity contribution in [2.45, 2.75) is 6.18 Å². The third-order valence-electron chi connectivity index (χ3n) is 5.20. The maximum absolute atomic E-state index is 13.3. The molecule has 35 heavy (non-hydrogen) atoms. The maximum Gasteiger partial charge on any atom is 0.421 e. The third-order valence-corrected chi connectivity index (χ3v) is 5.73. The summed E-state index contributed by atoms with van der Waals surface area (Å²) in [5, 5.41) is 0.167. The quantitative estimate of drug-likeness (QED) is 0.264. The lowest BCUT2D eigenvalue weighted by molar-refractivity contribution is -0.138. The second-order valence-corrected chi connectivity index (χ2v) is 8.35. The first kappa shape index (κ1) is 22.7. The predicted octanol–water partition coefficient (Wildman–Crippen LogP) is 6.42. The van der Waals surface area contributed by atoms with Gasteiger partial charge in [-0.3, -0.25) is 14.3 Å². The van der Waals surface area contributed by atoms with E-state index in [-0.39, 0.29) is 11.1 Å². The van der Waals surface area contributed by atoms with E-state index >= 15 is 0 Å². The van der Waals surface area contributed by atoms with E-state index in [1.54, 1.807) is 22.9 Å². The normalized spacial score (nSPS) is 11.5. The lowest BCUT2D eigenvalue weighted by Crippen LogP contribution is -2.12. The number of hydrogen-bond donors (Lipinski definition) is 0. The topological polar surface area (TPSA) is 69.9 Å². The highest BCUT2D eigenvalue weighted by Crippen LogP contribution is 2.37. The van der Waals surface area contributed by atoms with Gasteiger partial charge in [0.2, 0.25) is 5.88 Å². The molecule has 0 bridgehead atoms. The third kappa shape index (κ3) is 4.52. The molecule has 0 radical (unpaired) electrons. The first-order valence-corrected chi connectivity index (χ1v) is 11.0. The van der Waals surface area contributed by atoms with Gasteiger partial charge in [-0.25, -0.2) is 4.98 Å². The SMILES string of the molecule is O=c1ncn(-c2cccnc2-c2ccc(Br)cc2)c2ccc(Oc3ncccc3C(F)(F)F)cc12. The molecule has 0 aliphatic heterocycles. The molecular weight excluding hydrogens is 525 g/mol. The number of halogens is 4. The highest BCUT2D eigenvalue weighted by atomic mass is 79.9. The van der Waals surface area contributed by atoms with Crippen molar-refractivity contribution in [1.82, 2.24) is 19.5 Å². The number of hydrogen-bond acceptors (Lipinski definition) is 5. The minimum absolute atomic E-state index is 0.0256. The fourth-order valence-corrected chi connectivity index (χ4v) is 3.88. The summed E-state index contributed by atoms with van der Waals surface area (Å²) in [6, 6.07) is 17.7. The predicted molar refractivity (Wildman–Crippen MR) is 128 cm³/mol. The van der Waals surface area contributed by atoms with Gasteiger partial charge >= 0.3 is 6.18 Å². The minimum Gasteiger partial charge on any atom is -0.438 e. The molecule has 0 amide bonds. The Hall–Kier alpha value is -4.05. The Morgan fingerprint density at radius 1 is 0.886 bits per heavy atom. The van der Waals surface area contributed by atoms with Crippen LogP contribution in [-0.2, 0) is 6.18 Å². The molecule has 174 valence electrons. The Kier molecular flexibility index (Phi) is 5.81. The number of alkyl halides is 3. The maximum atomic E-state index is 13.3. The van der Waals surface area contributed by atoms with Crippen LogP contribution in [0, 0.1) is 0 Å². The van der Waals surface area contributed by atoms with Crippen LogP contribution in [0.2, 0.25) is 0 Å². The van der Waals surface area contributed by atoms with E-state index in [1.165, 1.54) is 30.7 Å². The van der Waals surface area contributed by atoms with Crippen molar-refractivity contribution in [2.75, 3.05) is 0 Å². The number of aromatic nitrogens is 4. The van der Waals surface area contributed by atoms with Gasteiger partial charge in [-0.1, -0.05) is 28.1 Å². The van der Waals surface area contributed by atoms with Gasteiger partial charge in [0, 0.05) is 22.4 Å². The first-order chi connectivity index (χ1) is 16.8. The molecule has 0 aliphatic carbocycles. The minimum atomic E-state index is -4.64. The molecule has 5 rings (SSSR count). The summed E-state index contributed by atoms with van der Waals surface area (Å²) in [5.41, 5.74) is 1.11. The molecule has 0 fully saturated rings. The standard InChI is InChI=1S/C25H14BrF3N4O2/c26-16-7-5-15(6-8-16)22-21(4-2-11-30-22)33-14-32-23(34)18-13-17(9-10-20(18)33)35-24-19(25(27,28)29)3-1-12-31-24/h1-14H. The van der Waals surface area contributed by atoms with E-state index in [2.05, 4.69) is 30.9 Å². The molecule has 3 heterocycles. The lowest BCUT2D eigenvalue weighted by Gasteiger charge is -2.15. The summed E-state index contributed by atoms with van der Waals surface area (Å²) in [7, 11) is 0. The largest absolute Gasteiger partial charge is 0.438 e. The van der Waals surface area contributed by atoms with Crippen LogP contribution in [0.1, 0.15) is 5.56 Å². The van der Waals surface area contributed by atoms with Crippen LogP contribution >= 0.6 is 15.9 Å². The zero-order chi connectivity index (χ0) is 24.6. The Bertz CT molecular complexity index is 1600. The zero-order valence-electron chi connectivity index (χ0n) is 17.7. The van der Waals surface area contributed by atoms with Crippen molar-refractivity contribution in [3.63, 3.8) is 0 Å². The van der Waals surface area contributed by atoms with E-state index in [9.17, 15) is 18.0 Å². The summed E-state index contributed by atoms with van der Waals surface area (Å²) in [4.78, 5) is 24.8. The molecule has 0 unspecified atom stereocenters. The summed E-state index contributed by atoms with van der Waals surface area (Å²) < 4.78 is 48.0. The summed E-state index contributed by atoms with van der Waals surface area (Å²) in [6.45, 7) is 0. The Labute approximate surface area is 204 Å². The number of fused-ring (bicyclic) bond motifs is 1. The van der Waals surface area contributed by atoms with Crippen LogP contribution in [0.15, 0.2) is 94.7 Å². The fraction of sp³-hybridized carbons (Fsp3) is 0.0400. The van der Waals surface area contributed by atoms with Crippen molar-refractivity contribution in [3.8, 4) is 28.6 Å². The highest BCUT2D eigenvalue weighted by Gasteiger charge is 2.35. The van der Waals surface area contributed by atoms with Crippen molar-refractivity contribution in [3.05, 3.63) is 106 Å². The molecule has 5 aromatic rings. The number of nitrogens with zero attached hydrogens (tertiary/aromatic N) is 4.